The zero-order valence-corrected chi connectivity index (χ0v) is 36.4. The molecule has 1 unspecified atom stereocenters. The third-order valence-electron chi connectivity index (χ3n) is 13.3. The lowest BCUT2D eigenvalue weighted by molar-refractivity contribution is 0.537. The van der Waals surface area contributed by atoms with Crippen LogP contribution in [0.1, 0.15) is 0 Å². The highest BCUT2D eigenvalue weighted by atomic mass is 28.4. The van der Waals surface area contributed by atoms with Crippen LogP contribution in [-0.2, 0) is 0 Å². The highest BCUT2D eigenvalue weighted by molar-refractivity contribution is 6.98. The van der Waals surface area contributed by atoms with Crippen molar-refractivity contribution in [1.82, 2.24) is 0 Å². The van der Waals surface area contributed by atoms with Crippen LogP contribution in [-0.4, -0.2) is 16.6 Å². The number of benzene rings is 9. The summed E-state index contributed by atoms with van der Waals surface area (Å²) in [4.78, 5) is 0. The van der Waals surface area contributed by atoms with Crippen molar-refractivity contribution in [2.75, 3.05) is 0 Å². The molecule has 11 aromatic carbocycles. The smallest absolute Gasteiger partial charge is 0.315 e. The third kappa shape index (κ3) is 5.46. The fourth-order valence-corrected chi connectivity index (χ4v) is 15.6. The zero-order valence-electron chi connectivity index (χ0n) is 34.4. The standard InChI is InChI=1S/C57H42O2Si2/c1-60(2)56-30-16-14-28-54(56)59-61(3,57-31-17-15-29-55(57)58-60)37-32-33-48-42-22-8-11-25-45(42)52-35-50-43-23-9-6-20-40(43)38-18-4-5-19-39(38)41-21-7-10-24-44(41)51(50)36-53(52)47-27-13-12-26-46(47)49(48)34-37/h4-36H,1-3H3. The van der Waals surface area contributed by atoms with Crippen LogP contribution in [0.4, 0.5) is 0 Å². The quantitative estimate of drug-likeness (QED) is 0.154. The first-order valence-electron chi connectivity index (χ1n) is 21.3. The Balaban J connectivity index is 1.25. The molecule has 0 aliphatic carbocycles. The van der Waals surface area contributed by atoms with Gasteiger partial charge >= 0.3 is 8.32 Å². The fraction of sp³-hybridized carbons (Fsp3) is 0.0526. The zero-order chi connectivity index (χ0) is 40.9. The van der Waals surface area contributed by atoms with Crippen molar-refractivity contribution in [3.8, 4) is 11.5 Å². The Hall–Kier alpha value is -6.99. The normalized spacial score (nSPS) is 15.9. The van der Waals surface area contributed by atoms with Crippen LogP contribution in [0.15, 0.2) is 200 Å². The van der Waals surface area contributed by atoms with Gasteiger partial charge in [0.15, 0.2) is 0 Å². The Kier molecular flexibility index (Phi) is 7.96. The van der Waals surface area contributed by atoms with Gasteiger partial charge in [-0.15, -0.1) is 0 Å². The minimum absolute atomic E-state index is 0.940. The van der Waals surface area contributed by atoms with Crippen molar-refractivity contribution in [3.63, 3.8) is 0 Å². The Morgan fingerprint density at radius 2 is 0.557 bits per heavy atom. The average Bonchev–Trinajstić information content (AvgIpc) is 3.30. The molecular weight excluding hydrogens is 773 g/mol. The van der Waals surface area contributed by atoms with Crippen LogP contribution >= 0.6 is 0 Å². The molecule has 12 rings (SSSR count). The first-order valence-corrected chi connectivity index (χ1v) is 26.6. The SMILES string of the molecule is C[Si]1(C)Oc2ccccc2[Si](C)(c2ccc3c4ccccc4c4cc5c6ccccc6c6ccccc6c6ccccc6c5cc4c4ccccc4c3c2)Oc2ccccc21. The summed E-state index contributed by atoms with van der Waals surface area (Å²) in [6, 6.07) is 74.1. The van der Waals surface area contributed by atoms with Gasteiger partial charge in [-0.25, -0.2) is 0 Å². The fourth-order valence-electron chi connectivity index (χ4n) is 10.4. The van der Waals surface area contributed by atoms with Crippen LogP contribution in [0.5, 0.6) is 11.5 Å². The maximum atomic E-state index is 7.50. The predicted molar refractivity (Wildman–Crippen MR) is 266 cm³/mol. The largest absolute Gasteiger partial charge is 0.539 e. The molecule has 61 heavy (non-hydrogen) atoms. The summed E-state index contributed by atoms with van der Waals surface area (Å²) in [7, 11) is -5.28. The minimum atomic E-state index is -2.94. The highest BCUT2D eigenvalue weighted by Crippen LogP contribution is 2.41. The third-order valence-corrected chi connectivity index (χ3v) is 19.2. The molecule has 0 amide bonds. The van der Waals surface area contributed by atoms with Crippen LogP contribution in [0, 0.1) is 0 Å². The number of fused-ring (bicyclic) bond motifs is 18. The van der Waals surface area contributed by atoms with E-state index in [1.165, 1.54) is 96.6 Å². The summed E-state index contributed by atoms with van der Waals surface area (Å²) >= 11 is 0. The highest BCUT2D eigenvalue weighted by Gasteiger charge is 2.44. The van der Waals surface area contributed by atoms with Crippen molar-refractivity contribution in [2.24, 2.45) is 0 Å². The van der Waals surface area contributed by atoms with E-state index in [9.17, 15) is 0 Å². The van der Waals surface area contributed by atoms with Gasteiger partial charge < -0.3 is 8.85 Å². The van der Waals surface area contributed by atoms with Gasteiger partial charge in [0.05, 0.1) is 0 Å². The van der Waals surface area contributed by atoms with Gasteiger partial charge in [-0.1, -0.05) is 176 Å². The second kappa shape index (κ2) is 13.5. The average molecular weight is 815 g/mol. The molecule has 0 aromatic heterocycles. The molecule has 0 N–H and O–H groups in total. The van der Waals surface area contributed by atoms with Crippen LogP contribution in [0.3, 0.4) is 0 Å². The van der Waals surface area contributed by atoms with Crippen LogP contribution in [0.25, 0.3) is 86.2 Å². The van der Waals surface area contributed by atoms with E-state index in [2.05, 4.69) is 220 Å². The van der Waals surface area contributed by atoms with Crippen molar-refractivity contribution in [1.29, 1.82) is 0 Å². The predicted octanol–water partition coefficient (Wildman–Crippen LogP) is 13.6. The van der Waals surface area contributed by atoms with E-state index in [0.29, 0.717) is 0 Å². The van der Waals surface area contributed by atoms with Gasteiger partial charge in [0, 0.05) is 10.4 Å². The minimum Gasteiger partial charge on any atom is -0.539 e. The van der Waals surface area contributed by atoms with E-state index in [-0.39, 0.29) is 0 Å². The van der Waals surface area contributed by atoms with Crippen molar-refractivity contribution in [3.05, 3.63) is 200 Å². The Morgan fingerprint density at radius 3 is 0.967 bits per heavy atom. The summed E-state index contributed by atoms with van der Waals surface area (Å²) in [6.45, 7) is 6.88. The number of hydrogen-bond donors (Lipinski definition) is 0. The second-order valence-corrected chi connectivity index (χ2v) is 24.3. The molecule has 0 bridgehead atoms. The van der Waals surface area contributed by atoms with E-state index < -0.39 is 16.6 Å². The molecule has 1 aliphatic rings. The van der Waals surface area contributed by atoms with Gasteiger partial charge in [-0.3, -0.25) is 0 Å². The Bertz CT molecular complexity index is 3720. The Labute approximate surface area is 356 Å². The number of rotatable bonds is 1. The van der Waals surface area contributed by atoms with Gasteiger partial charge in [0.25, 0.3) is 8.32 Å². The number of hydrogen-bond acceptors (Lipinski definition) is 2. The Morgan fingerprint density at radius 1 is 0.262 bits per heavy atom. The van der Waals surface area contributed by atoms with E-state index in [1.807, 2.05) is 0 Å². The molecule has 2 nitrogen and oxygen atoms in total. The molecule has 1 aliphatic heterocycles. The molecule has 0 saturated heterocycles. The monoisotopic (exact) mass is 814 g/mol. The summed E-state index contributed by atoms with van der Waals surface area (Å²) in [5.41, 5.74) is 0. The second-order valence-electron chi connectivity index (χ2n) is 17.2. The summed E-state index contributed by atoms with van der Waals surface area (Å²) in [5, 5.41) is 23.3. The lowest BCUT2D eigenvalue weighted by Crippen LogP contribution is -2.64. The van der Waals surface area contributed by atoms with Crippen LogP contribution < -0.4 is 24.4 Å². The van der Waals surface area contributed by atoms with Crippen molar-refractivity contribution < 1.29 is 8.85 Å². The van der Waals surface area contributed by atoms with Gasteiger partial charge in [0.2, 0.25) is 0 Å². The summed E-state index contributed by atoms with van der Waals surface area (Å²) in [6.07, 6.45) is 0. The van der Waals surface area contributed by atoms with Crippen molar-refractivity contribution >= 4 is 118 Å². The molecule has 0 fully saturated rings. The molecule has 290 valence electrons. The molecular formula is C57H42O2Si2. The first-order chi connectivity index (χ1) is 29.9. The van der Waals surface area contributed by atoms with Gasteiger partial charge in [0.1, 0.15) is 11.5 Å². The lowest BCUT2D eigenvalue weighted by atomic mass is 9.90. The van der Waals surface area contributed by atoms with Crippen molar-refractivity contribution in [2.45, 2.75) is 19.6 Å². The molecule has 0 spiro atoms. The van der Waals surface area contributed by atoms with Gasteiger partial charge in [-0.05, 0) is 135 Å². The molecule has 4 heteroatoms. The molecule has 1 atom stereocenters. The molecule has 0 saturated carbocycles. The first kappa shape index (κ1) is 35.9. The maximum Gasteiger partial charge on any atom is 0.315 e. The van der Waals surface area contributed by atoms with E-state index in [0.717, 1.165) is 16.7 Å². The summed E-state index contributed by atoms with van der Waals surface area (Å²) < 4.78 is 14.6. The number of para-hydroxylation sites is 2. The topological polar surface area (TPSA) is 18.5 Å². The molecule has 11 aromatic rings. The molecule has 1 heterocycles. The van der Waals surface area contributed by atoms with Gasteiger partial charge in [-0.2, -0.15) is 0 Å². The lowest BCUT2D eigenvalue weighted by Gasteiger charge is -2.38. The summed E-state index contributed by atoms with van der Waals surface area (Å²) in [5.74, 6) is 1.88. The van der Waals surface area contributed by atoms with E-state index in [1.54, 1.807) is 0 Å². The van der Waals surface area contributed by atoms with E-state index >= 15 is 0 Å². The molecule has 0 radical (unpaired) electrons. The van der Waals surface area contributed by atoms with E-state index in [4.69, 9.17) is 8.85 Å². The maximum absolute atomic E-state index is 7.50. The van der Waals surface area contributed by atoms with Crippen LogP contribution in [0.2, 0.25) is 19.6 Å².